The minimum Gasteiger partial charge on any atom is -0.369 e. The zero-order chi connectivity index (χ0) is 13.2. The zero-order valence-corrected chi connectivity index (χ0v) is 12.5. The fourth-order valence-corrected chi connectivity index (χ4v) is 2.62. The summed E-state index contributed by atoms with van der Waals surface area (Å²) in [6, 6.07) is 2.18. The lowest BCUT2D eigenvalue weighted by atomic mass is 9.96. The molecule has 0 aromatic carbocycles. The molecule has 1 N–H and O–H groups in total. The van der Waals surface area contributed by atoms with Crippen LogP contribution in [0, 0.1) is 5.41 Å². The number of thiophene rings is 1. The van der Waals surface area contributed by atoms with Crippen LogP contribution in [0.25, 0.3) is 10.2 Å². The Hall–Kier alpha value is -0.870. The smallest absolute Gasteiger partial charge is 0.138 e. The maximum atomic E-state index is 5.93. The molecule has 0 aliphatic heterocycles. The molecule has 0 atom stereocenters. The normalized spacial score (nSPS) is 12.0. The molecule has 2 aromatic heterocycles. The first-order chi connectivity index (χ1) is 8.55. The van der Waals surface area contributed by atoms with Crippen molar-refractivity contribution in [2.75, 3.05) is 17.7 Å². The number of halogens is 1. The zero-order valence-electron chi connectivity index (χ0n) is 11.0. The minimum atomic E-state index is 0.0580. The van der Waals surface area contributed by atoms with Crippen molar-refractivity contribution in [2.24, 2.45) is 5.41 Å². The van der Waals surface area contributed by atoms with E-state index in [0.29, 0.717) is 5.88 Å². The molecule has 2 aromatic rings. The third kappa shape index (κ3) is 2.93. The summed E-state index contributed by atoms with van der Waals surface area (Å²) in [5.41, 5.74) is 0.0580. The SMILES string of the molecule is CCc1cc2c(NCC(C)(C)CCl)ncnc2s1. The number of anilines is 1. The van der Waals surface area contributed by atoms with E-state index in [-0.39, 0.29) is 5.41 Å². The van der Waals surface area contributed by atoms with Crippen molar-refractivity contribution >= 4 is 39.0 Å². The molecule has 3 nitrogen and oxygen atoms in total. The van der Waals surface area contributed by atoms with Crippen molar-refractivity contribution < 1.29 is 0 Å². The van der Waals surface area contributed by atoms with Crippen LogP contribution in [-0.4, -0.2) is 22.4 Å². The van der Waals surface area contributed by atoms with E-state index in [1.54, 1.807) is 17.7 Å². The average molecular weight is 284 g/mol. The maximum Gasteiger partial charge on any atom is 0.138 e. The van der Waals surface area contributed by atoms with Gasteiger partial charge in [-0.2, -0.15) is 0 Å². The topological polar surface area (TPSA) is 37.8 Å². The standard InChI is InChI=1S/C13H18ClN3S/c1-4-9-5-10-11(15-7-13(2,3)6-14)16-8-17-12(10)18-9/h5,8H,4,6-7H2,1-3H3,(H,15,16,17). The molecule has 0 unspecified atom stereocenters. The number of alkyl halides is 1. The predicted octanol–water partition coefficient (Wildman–Crippen LogP) is 3.93. The third-order valence-electron chi connectivity index (χ3n) is 2.83. The van der Waals surface area contributed by atoms with Crippen LogP contribution >= 0.6 is 22.9 Å². The Kier molecular flexibility index (Phi) is 4.07. The van der Waals surface area contributed by atoms with Crippen LogP contribution in [0.1, 0.15) is 25.6 Å². The van der Waals surface area contributed by atoms with Crippen molar-refractivity contribution in [3.63, 3.8) is 0 Å². The van der Waals surface area contributed by atoms with E-state index < -0.39 is 0 Å². The molecule has 0 bridgehead atoms. The largest absolute Gasteiger partial charge is 0.369 e. The van der Waals surface area contributed by atoms with Gasteiger partial charge in [0, 0.05) is 17.3 Å². The second-order valence-corrected chi connectivity index (χ2v) is 6.54. The monoisotopic (exact) mass is 283 g/mol. The van der Waals surface area contributed by atoms with E-state index in [4.69, 9.17) is 11.6 Å². The molecule has 0 fully saturated rings. The van der Waals surface area contributed by atoms with Crippen molar-refractivity contribution in [1.29, 1.82) is 0 Å². The van der Waals surface area contributed by atoms with Crippen LogP contribution in [0.5, 0.6) is 0 Å². The Morgan fingerprint density at radius 2 is 2.17 bits per heavy atom. The molecule has 0 aliphatic carbocycles. The quantitative estimate of drug-likeness (QED) is 0.845. The van der Waals surface area contributed by atoms with Crippen LogP contribution < -0.4 is 5.32 Å². The van der Waals surface area contributed by atoms with Gasteiger partial charge in [0.25, 0.3) is 0 Å². The number of hydrogen-bond donors (Lipinski definition) is 1. The van der Waals surface area contributed by atoms with E-state index in [1.165, 1.54) is 4.88 Å². The molecule has 2 heterocycles. The van der Waals surface area contributed by atoms with E-state index in [9.17, 15) is 0 Å². The molecular weight excluding hydrogens is 266 g/mol. The minimum absolute atomic E-state index is 0.0580. The van der Waals surface area contributed by atoms with Gasteiger partial charge >= 0.3 is 0 Å². The summed E-state index contributed by atoms with van der Waals surface area (Å²) in [6.45, 7) is 7.23. The number of aryl methyl sites for hydroxylation is 1. The van der Waals surface area contributed by atoms with E-state index in [0.717, 1.165) is 29.0 Å². The third-order valence-corrected chi connectivity index (χ3v) is 4.74. The molecular formula is C13H18ClN3S. The van der Waals surface area contributed by atoms with Crippen molar-refractivity contribution in [3.8, 4) is 0 Å². The first kappa shape index (κ1) is 13.6. The molecule has 18 heavy (non-hydrogen) atoms. The summed E-state index contributed by atoms with van der Waals surface area (Å²) < 4.78 is 0. The summed E-state index contributed by atoms with van der Waals surface area (Å²) in [7, 11) is 0. The lowest BCUT2D eigenvalue weighted by Crippen LogP contribution is -2.25. The van der Waals surface area contributed by atoms with Gasteiger partial charge in [0.2, 0.25) is 0 Å². The van der Waals surface area contributed by atoms with Crippen molar-refractivity contribution in [2.45, 2.75) is 27.2 Å². The first-order valence-electron chi connectivity index (χ1n) is 6.09. The number of nitrogens with one attached hydrogen (secondary N) is 1. The fourth-order valence-electron chi connectivity index (χ4n) is 1.59. The first-order valence-corrected chi connectivity index (χ1v) is 7.44. The Bertz CT molecular complexity index is 536. The van der Waals surface area contributed by atoms with Crippen LogP contribution in [0.4, 0.5) is 5.82 Å². The number of aromatic nitrogens is 2. The van der Waals surface area contributed by atoms with Gasteiger partial charge in [-0.1, -0.05) is 20.8 Å². The van der Waals surface area contributed by atoms with Crippen LogP contribution in [-0.2, 0) is 6.42 Å². The van der Waals surface area contributed by atoms with Crippen LogP contribution in [0.3, 0.4) is 0 Å². The summed E-state index contributed by atoms with van der Waals surface area (Å²) in [5, 5.41) is 4.50. The molecule has 0 amide bonds. The highest BCUT2D eigenvalue weighted by Crippen LogP contribution is 2.29. The van der Waals surface area contributed by atoms with Crippen LogP contribution in [0.15, 0.2) is 12.4 Å². The van der Waals surface area contributed by atoms with Gasteiger partial charge in [0.05, 0.1) is 5.39 Å². The van der Waals surface area contributed by atoms with Crippen LogP contribution in [0.2, 0.25) is 0 Å². The molecule has 0 aliphatic rings. The van der Waals surface area contributed by atoms with Gasteiger partial charge in [-0.05, 0) is 17.9 Å². The van der Waals surface area contributed by atoms with Gasteiger partial charge in [-0.25, -0.2) is 9.97 Å². The highest BCUT2D eigenvalue weighted by Gasteiger charge is 2.17. The second-order valence-electron chi connectivity index (χ2n) is 5.16. The lowest BCUT2D eigenvalue weighted by molar-refractivity contribution is 0.450. The summed E-state index contributed by atoms with van der Waals surface area (Å²) in [4.78, 5) is 11.0. The van der Waals surface area contributed by atoms with Gasteiger partial charge in [-0.15, -0.1) is 22.9 Å². The highest BCUT2D eigenvalue weighted by molar-refractivity contribution is 7.18. The van der Waals surface area contributed by atoms with Crippen molar-refractivity contribution in [1.82, 2.24) is 9.97 Å². The van der Waals surface area contributed by atoms with Gasteiger partial charge in [-0.3, -0.25) is 0 Å². The average Bonchev–Trinajstić information content (AvgIpc) is 2.80. The number of fused-ring (bicyclic) bond motifs is 1. The molecule has 2 rings (SSSR count). The molecule has 0 radical (unpaired) electrons. The molecule has 5 heteroatoms. The maximum absolute atomic E-state index is 5.93. The summed E-state index contributed by atoms with van der Waals surface area (Å²) in [6.07, 6.45) is 2.65. The molecule has 0 saturated heterocycles. The van der Waals surface area contributed by atoms with Crippen molar-refractivity contribution in [3.05, 3.63) is 17.3 Å². The van der Waals surface area contributed by atoms with Gasteiger partial charge < -0.3 is 5.32 Å². The van der Waals surface area contributed by atoms with Gasteiger partial charge in [0.15, 0.2) is 0 Å². The Labute approximate surface area is 117 Å². The summed E-state index contributed by atoms with van der Waals surface area (Å²) in [5.74, 6) is 1.53. The predicted molar refractivity (Wildman–Crippen MR) is 79.8 cm³/mol. The van der Waals surface area contributed by atoms with E-state index in [2.05, 4.69) is 42.1 Å². The summed E-state index contributed by atoms with van der Waals surface area (Å²) >= 11 is 7.67. The van der Waals surface area contributed by atoms with Gasteiger partial charge in [0.1, 0.15) is 17.0 Å². The molecule has 0 spiro atoms. The highest BCUT2D eigenvalue weighted by atomic mass is 35.5. The van der Waals surface area contributed by atoms with E-state index in [1.807, 2.05) is 0 Å². The Morgan fingerprint density at radius 1 is 1.39 bits per heavy atom. The Balaban J connectivity index is 2.25. The molecule has 98 valence electrons. The van der Waals surface area contributed by atoms with E-state index >= 15 is 0 Å². The Morgan fingerprint density at radius 3 is 2.83 bits per heavy atom. The number of rotatable bonds is 5. The lowest BCUT2D eigenvalue weighted by Gasteiger charge is -2.22. The fraction of sp³-hybridized carbons (Fsp3) is 0.538. The number of nitrogens with zero attached hydrogens (tertiary/aromatic N) is 2. The second kappa shape index (κ2) is 5.41. The molecule has 0 saturated carbocycles. The number of hydrogen-bond acceptors (Lipinski definition) is 4.